The molecule has 0 bridgehead atoms. The van der Waals surface area contributed by atoms with Crippen LogP contribution in [-0.4, -0.2) is 31.3 Å². The van der Waals surface area contributed by atoms with Gasteiger partial charge in [-0.2, -0.15) is 0 Å². The number of nitrogens with one attached hydrogen (secondary N) is 2. The lowest BCUT2D eigenvalue weighted by Crippen LogP contribution is -2.44. The van der Waals surface area contributed by atoms with Crippen molar-refractivity contribution in [3.63, 3.8) is 0 Å². The summed E-state index contributed by atoms with van der Waals surface area (Å²) >= 11 is 0. The van der Waals surface area contributed by atoms with Gasteiger partial charge >= 0.3 is 0 Å². The van der Waals surface area contributed by atoms with Crippen LogP contribution in [0.3, 0.4) is 0 Å². The first-order chi connectivity index (χ1) is 13.3. The maximum absolute atomic E-state index is 13.7. The Labute approximate surface area is 189 Å². The average Bonchev–Trinajstić information content (AvgIpc) is 2.99. The molecule has 162 valence electrons. The van der Waals surface area contributed by atoms with Gasteiger partial charge in [-0.05, 0) is 51.5 Å². The Morgan fingerprint density at radius 1 is 1.28 bits per heavy atom. The van der Waals surface area contributed by atoms with Crippen molar-refractivity contribution in [3.05, 3.63) is 58.3 Å². The third kappa shape index (κ3) is 7.27. The highest BCUT2D eigenvalue weighted by molar-refractivity contribution is 14.0. The molecule has 1 aromatic heterocycles. The number of halogens is 2. The fourth-order valence-corrected chi connectivity index (χ4v) is 3.02. The van der Waals surface area contributed by atoms with Crippen molar-refractivity contribution in [2.75, 3.05) is 20.2 Å². The molecular formula is C21H31FIN3O3. The van der Waals surface area contributed by atoms with Crippen molar-refractivity contribution in [1.29, 1.82) is 0 Å². The standard InChI is InChI=1S/C21H30FN3O3.HI/c1-6-23-20(24-11-16-7-8-19(22)17(10-16)12-27-5)25-13-21(4,26)18-9-14(2)28-15(18)3;/h7-10,26H,6,11-13H2,1-5H3,(H2,23,24,25);1H. The molecule has 0 amide bonds. The summed E-state index contributed by atoms with van der Waals surface area (Å²) in [4.78, 5) is 4.54. The molecule has 0 aliphatic heterocycles. The monoisotopic (exact) mass is 519 g/mol. The molecule has 0 aliphatic carbocycles. The first-order valence-corrected chi connectivity index (χ1v) is 9.35. The topological polar surface area (TPSA) is 79.0 Å². The van der Waals surface area contributed by atoms with Crippen LogP contribution in [0.15, 0.2) is 33.7 Å². The summed E-state index contributed by atoms with van der Waals surface area (Å²) in [6, 6.07) is 6.72. The van der Waals surface area contributed by atoms with Gasteiger partial charge in [0.05, 0.1) is 19.7 Å². The van der Waals surface area contributed by atoms with Gasteiger partial charge < -0.3 is 24.9 Å². The van der Waals surface area contributed by atoms with Gasteiger partial charge in [-0.15, -0.1) is 24.0 Å². The largest absolute Gasteiger partial charge is 0.466 e. The lowest BCUT2D eigenvalue weighted by Gasteiger charge is -2.24. The smallest absolute Gasteiger partial charge is 0.191 e. The number of furan rings is 1. The van der Waals surface area contributed by atoms with Crippen LogP contribution >= 0.6 is 24.0 Å². The molecule has 0 spiro atoms. The molecule has 0 fully saturated rings. The second-order valence-corrected chi connectivity index (χ2v) is 7.01. The number of hydrogen-bond acceptors (Lipinski definition) is 4. The molecule has 2 rings (SSSR count). The molecule has 0 radical (unpaired) electrons. The third-order valence-electron chi connectivity index (χ3n) is 4.40. The van der Waals surface area contributed by atoms with E-state index in [1.165, 1.54) is 13.2 Å². The van der Waals surface area contributed by atoms with Gasteiger partial charge in [0.25, 0.3) is 0 Å². The quantitative estimate of drug-likeness (QED) is 0.281. The summed E-state index contributed by atoms with van der Waals surface area (Å²) in [5.41, 5.74) is 1.01. The average molecular weight is 519 g/mol. The molecular weight excluding hydrogens is 488 g/mol. The van der Waals surface area contributed by atoms with Crippen molar-refractivity contribution in [1.82, 2.24) is 10.6 Å². The summed E-state index contributed by atoms with van der Waals surface area (Å²) in [5.74, 6) is 1.74. The van der Waals surface area contributed by atoms with Crippen LogP contribution < -0.4 is 10.6 Å². The lowest BCUT2D eigenvalue weighted by molar-refractivity contribution is 0.0601. The highest BCUT2D eigenvalue weighted by atomic mass is 127. The molecule has 1 heterocycles. The summed E-state index contributed by atoms with van der Waals surface area (Å²) in [6.07, 6.45) is 0. The predicted molar refractivity (Wildman–Crippen MR) is 123 cm³/mol. The Kier molecular flexibility index (Phi) is 10.1. The number of aliphatic hydroxyl groups is 1. The summed E-state index contributed by atoms with van der Waals surface area (Å²) in [7, 11) is 1.53. The Balaban J connectivity index is 0.00000420. The number of nitrogens with zero attached hydrogens (tertiary/aromatic N) is 1. The van der Waals surface area contributed by atoms with Gasteiger partial charge in [0.2, 0.25) is 0 Å². The molecule has 6 nitrogen and oxygen atoms in total. The van der Waals surface area contributed by atoms with Crippen molar-refractivity contribution in [2.24, 2.45) is 4.99 Å². The predicted octanol–water partition coefficient (Wildman–Crippen LogP) is 3.76. The second kappa shape index (κ2) is 11.5. The molecule has 0 aliphatic rings. The number of aliphatic imine (C=N–C) groups is 1. The van der Waals surface area contributed by atoms with E-state index in [0.717, 1.165) is 16.9 Å². The van der Waals surface area contributed by atoms with Gasteiger partial charge in [-0.3, -0.25) is 0 Å². The van der Waals surface area contributed by atoms with Crippen LogP contribution in [0.1, 0.15) is 42.1 Å². The zero-order valence-corrected chi connectivity index (χ0v) is 20.0. The van der Waals surface area contributed by atoms with Crippen LogP contribution in [0.5, 0.6) is 0 Å². The van der Waals surface area contributed by atoms with E-state index in [1.807, 2.05) is 26.8 Å². The van der Waals surface area contributed by atoms with E-state index in [9.17, 15) is 9.50 Å². The number of guanidine groups is 1. The minimum absolute atomic E-state index is 0. The highest BCUT2D eigenvalue weighted by Crippen LogP contribution is 2.26. The summed E-state index contributed by atoms with van der Waals surface area (Å²) < 4.78 is 24.3. The number of benzene rings is 1. The normalized spacial score (nSPS) is 13.6. The lowest BCUT2D eigenvalue weighted by atomic mass is 9.96. The van der Waals surface area contributed by atoms with E-state index in [4.69, 9.17) is 9.15 Å². The number of methoxy groups -OCH3 is 1. The molecule has 3 N–H and O–H groups in total. The van der Waals surface area contributed by atoms with E-state index in [1.54, 1.807) is 19.1 Å². The van der Waals surface area contributed by atoms with Gasteiger partial charge in [-0.25, -0.2) is 9.38 Å². The van der Waals surface area contributed by atoms with Crippen LogP contribution in [0.2, 0.25) is 0 Å². The van der Waals surface area contributed by atoms with E-state index < -0.39 is 5.60 Å². The minimum atomic E-state index is -1.11. The van der Waals surface area contributed by atoms with Crippen LogP contribution in [0, 0.1) is 19.7 Å². The van der Waals surface area contributed by atoms with Gasteiger partial charge in [0, 0.05) is 24.8 Å². The van der Waals surface area contributed by atoms with E-state index >= 15 is 0 Å². The first-order valence-electron chi connectivity index (χ1n) is 9.35. The molecule has 1 aromatic carbocycles. The van der Waals surface area contributed by atoms with Crippen LogP contribution in [0.4, 0.5) is 4.39 Å². The van der Waals surface area contributed by atoms with Crippen LogP contribution in [0.25, 0.3) is 0 Å². The van der Waals surface area contributed by atoms with Crippen molar-refractivity contribution in [2.45, 2.75) is 46.4 Å². The van der Waals surface area contributed by atoms with Gasteiger partial charge in [-0.1, -0.05) is 6.07 Å². The van der Waals surface area contributed by atoms with Crippen molar-refractivity contribution in [3.8, 4) is 0 Å². The molecule has 1 atom stereocenters. The fourth-order valence-electron chi connectivity index (χ4n) is 3.02. The van der Waals surface area contributed by atoms with Gasteiger partial charge in [0.1, 0.15) is 22.9 Å². The first kappa shape index (κ1) is 25.4. The molecule has 29 heavy (non-hydrogen) atoms. The highest BCUT2D eigenvalue weighted by Gasteiger charge is 2.27. The van der Waals surface area contributed by atoms with Crippen molar-refractivity contribution < 1.29 is 18.7 Å². The fraction of sp³-hybridized carbons (Fsp3) is 0.476. The number of hydrogen-bond donors (Lipinski definition) is 3. The Morgan fingerprint density at radius 3 is 2.59 bits per heavy atom. The third-order valence-corrected chi connectivity index (χ3v) is 4.40. The van der Waals surface area contributed by atoms with Gasteiger partial charge in [0.15, 0.2) is 5.96 Å². The SMILES string of the molecule is CCNC(=NCc1ccc(F)c(COC)c1)NCC(C)(O)c1cc(C)oc1C.I. The molecule has 2 aromatic rings. The zero-order chi connectivity index (χ0) is 20.7. The van der Waals surface area contributed by atoms with E-state index in [-0.39, 0.29) is 42.9 Å². The summed E-state index contributed by atoms with van der Waals surface area (Å²) in [6.45, 7) is 8.92. The van der Waals surface area contributed by atoms with E-state index in [0.29, 0.717) is 30.4 Å². The summed E-state index contributed by atoms with van der Waals surface area (Å²) in [5, 5.41) is 17.2. The maximum atomic E-state index is 13.7. The molecule has 8 heteroatoms. The number of rotatable bonds is 8. The second-order valence-electron chi connectivity index (χ2n) is 7.01. The number of aryl methyl sites for hydroxylation is 2. The molecule has 0 saturated carbocycles. The molecule has 1 unspecified atom stereocenters. The Morgan fingerprint density at radius 2 is 2.00 bits per heavy atom. The number of ether oxygens (including phenoxy) is 1. The molecule has 0 saturated heterocycles. The van der Waals surface area contributed by atoms with Crippen LogP contribution in [-0.2, 0) is 23.5 Å². The van der Waals surface area contributed by atoms with Crippen molar-refractivity contribution >= 4 is 29.9 Å². The Bertz CT molecular complexity index is 821. The van der Waals surface area contributed by atoms with E-state index in [2.05, 4.69) is 15.6 Å². The maximum Gasteiger partial charge on any atom is 0.191 e. The minimum Gasteiger partial charge on any atom is -0.466 e. The zero-order valence-electron chi connectivity index (χ0n) is 17.6. The Hall–Kier alpha value is -1.65.